The summed E-state index contributed by atoms with van der Waals surface area (Å²) in [5.41, 5.74) is 0.521. The van der Waals surface area contributed by atoms with Crippen LogP contribution in [0.4, 0.5) is 0 Å². The van der Waals surface area contributed by atoms with E-state index in [1.165, 1.54) is 0 Å². The molecule has 0 aromatic heterocycles. The lowest BCUT2D eigenvalue weighted by molar-refractivity contribution is -0.159. The maximum Gasteiger partial charge on any atom is 0.309 e. The minimum atomic E-state index is -0.740. The van der Waals surface area contributed by atoms with E-state index in [-0.39, 0.29) is 6.29 Å². The van der Waals surface area contributed by atoms with Crippen LogP contribution >= 0.6 is 0 Å². The number of rotatable bonds is 5. The van der Waals surface area contributed by atoms with Crippen molar-refractivity contribution in [1.29, 1.82) is 0 Å². The van der Waals surface area contributed by atoms with Crippen molar-refractivity contribution in [2.45, 2.75) is 44.0 Å². The molecule has 1 N–H and O–H groups in total. The fourth-order valence-corrected chi connectivity index (χ4v) is 3.96. The van der Waals surface area contributed by atoms with Crippen LogP contribution in [0.25, 0.3) is 0 Å². The summed E-state index contributed by atoms with van der Waals surface area (Å²) in [6, 6.07) is 0. The smallest absolute Gasteiger partial charge is 0.309 e. The van der Waals surface area contributed by atoms with Gasteiger partial charge < -0.3 is 19.3 Å². The Labute approximate surface area is 118 Å². The molecule has 0 aromatic carbocycles. The van der Waals surface area contributed by atoms with Gasteiger partial charge in [-0.3, -0.25) is 4.79 Å². The van der Waals surface area contributed by atoms with Crippen LogP contribution in [0.5, 0.6) is 0 Å². The van der Waals surface area contributed by atoms with Crippen molar-refractivity contribution in [2.24, 2.45) is 11.8 Å². The van der Waals surface area contributed by atoms with Gasteiger partial charge in [-0.15, -0.1) is 0 Å². The largest absolute Gasteiger partial charge is 0.481 e. The molecule has 0 spiro atoms. The van der Waals surface area contributed by atoms with Crippen molar-refractivity contribution in [2.75, 3.05) is 20.3 Å². The van der Waals surface area contributed by atoms with E-state index in [9.17, 15) is 9.90 Å². The Balaban J connectivity index is 1.76. The highest BCUT2D eigenvalue weighted by molar-refractivity contribution is 5.73. The van der Waals surface area contributed by atoms with E-state index in [1.54, 1.807) is 7.11 Å². The molecule has 1 saturated carbocycles. The van der Waals surface area contributed by atoms with Crippen molar-refractivity contribution >= 4 is 5.97 Å². The quantitative estimate of drug-likeness (QED) is 0.781. The topological polar surface area (TPSA) is 65.0 Å². The zero-order valence-corrected chi connectivity index (χ0v) is 11.8. The Morgan fingerprint density at radius 1 is 1.50 bits per heavy atom. The van der Waals surface area contributed by atoms with E-state index in [4.69, 9.17) is 14.2 Å². The van der Waals surface area contributed by atoms with Gasteiger partial charge in [0.25, 0.3) is 0 Å². The van der Waals surface area contributed by atoms with Gasteiger partial charge in [-0.25, -0.2) is 0 Å². The molecule has 1 aliphatic heterocycles. The highest BCUT2D eigenvalue weighted by Gasteiger charge is 2.52. The number of methoxy groups -OCH3 is 1. The lowest BCUT2D eigenvalue weighted by Crippen LogP contribution is -2.52. The summed E-state index contributed by atoms with van der Waals surface area (Å²) < 4.78 is 16.7. The standard InChI is InChI=1S/C15H22O5/c1-18-15-5-4-10(9-12(15)14(16)17)8-11(15)2-3-13-19-6-7-20-13/h8,10,12-13H,2-7,9H2,1H3,(H,16,17)/t10-,12-,15-/m1/s1. The molecule has 3 atom stereocenters. The van der Waals surface area contributed by atoms with Crippen LogP contribution < -0.4 is 0 Å². The highest BCUT2D eigenvalue weighted by Crippen LogP contribution is 2.51. The molecule has 3 aliphatic carbocycles. The van der Waals surface area contributed by atoms with E-state index < -0.39 is 17.5 Å². The summed E-state index contributed by atoms with van der Waals surface area (Å²) in [5, 5.41) is 9.50. The normalized spacial score (nSPS) is 37.1. The number of allylic oxidation sites excluding steroid dienone is 1. The summed E-state index contributed by atoms with van der Waals surface area (Å²) in [6.45, 7) is 1.30. The summed E-state index contributed by atoms with van der Waals surface area (Å²) >= 11 is 0. The minimum Gasteiger partial charge on any atom is -0.481 e. The van der Waals surface area contributed by atoms with Gasteiger partial charge in [-0.05, 0) is 37.2 Å². The molecule has 0 amide bonds. The number of hydrogen-bond donors (Lipinski definition) is 1. The number of aliphatic carboxylic acids is 1. The van der Waals surface area contributed by atoms with E-state index in [2.05, 4.69) is 6.08 Å². The molecular weight excluding hydrogens is 260 g/mol. The molecule has 5 heteroatoms. The number of hydrogen-bond acceptors (Lipinski definition) is 4. The predicted octanol–water partition coefficient (Wildman–Crippen LogP) is 1.97. The molecule has 2 fully saturated rings. The number of carboxylic acid groups (broad SMARTS) is 1. The first-order valence-electron chi connectivity index (χ1n) is 7.38. The molecule has 112 valence electrons. The van der Waals surface area contributed by atoms with E-state index in [1.807, 2.05) is 0 Å². The van der Waals surface area contributed by atoms with Crippen molar-refractivity contribution in [3.05, 3.63) is 11.6 Å². The van der Waals surface area contributed by atoms with Gasteiger partial charge >= 0.3 is 5.97 Å². The number of carbonyl (C=O) groups is 1. The fraction of sp³-hybridized carbons (Fsp3) is 0.800. The summed E-state index contributed by atoms with van der Waals surface area (Å²) in [6.07, 6.45) is 6.19. The molecule has 1 saturated heterocycles. The molecule has 1 heterocycles. The Morgan fingerprint density at radius 2 is 2.25 bits per heavy atom. The molecule has 4 rings (SSSR count). The monoisotopic (exact) mass is 282 g/mol. The average molecular weight is 282 g/mol. The molecule has 4 aliphatic rings. The van der Waals surface area contributed by atoms with Crippen LogP contribution in [-0.2, 0) is 19.0 Å². The first-order valence-corrected chi connectivity index (χ1v) is 7.38. The van der Waals surface area contributed by atoms with Crippen LogP contribution in [0.3, 0.4) is 0 Å². The molecule has 2 bridgehead atoms. The third-order valence-electron chi connectivity index (χ3n) is 4.97. The van der Waals surface area contributed by atoms with Crippen LogP contribution in [0.2, 0.25) is 0 Å². The zero-order valence-electron chi connectivity index (χ0n) is 11.8. The second-order valence-electron chi connectivity index (χ2n) is 5.92. The van der Waals surface area contributed by atoms with Gasteiger partial charge in [-0.2, -0.15) is 0 Å². The predicted molar refractivity (Wildman–Crippen MR) is 71.2 cm³/mol. The maximum absolute atomic E-state index is 11.6. The molecule has 0 unspecified atom stereocenters. The first kappa shape index (κ1) is 14.0. The second-order valence-corrected chi connectivity index (χ2v) is 5.92. The van der Waals surface area contributed by atoms with Crippen molar-refractivity contribution < 1.29 is 24.1 Å². The number of carboxylic acids is 1. The van der Waals surface area contributed by atoms with Gasteiger partial charge in [0, 0.05) is 13.5 Å². The number of fused-ring (bicyclic) bond motifs is 2. The van der Waals surface area contributed by atoms with Gasteiger partial charge in [0.05, 0.1) is 19.1 Å². The van der Waals surface area contributed by atoms with Gasteiger partial charge in [-0.1, -0.05) is 6.08 Å². The second kappa shape index (κ2) is 5.47. The molecule has 20 heavy (non-hydrogen) atoms. The summed E-state index contributed by atoms with van der Waals surface area (Å²) in [7, 11) is 1.64. The molecule has 0 aromatic rings. The van der Waals surface area contributed by atoms with Crippen molar-refractivity contribution in [3.8, 4) is 0 Å². The Kier molecular flexibility index (Phi) is 3.84. The maximum atomic E-state index is 11.6. The summed E-state index contributed by atoms with van der Waals surface area (Å²) in [4.78, 5) is 11.6. The Bertz CT molecular complexity index is 412. The third-order valence-corrected chi connectivity index (χ3v) is 4.97. The zero-order chi connectivity index (χ0) is 14.2. The van der Waals surface area contributed by atoms with Crippen LogP contribution in [0.1, 0.15) is 32.1 Å². The van der Waals surface area contributed by atoms with E-state index in [0.29, 0.717) is 25.6 Å². The SMILES string of the molecule is CO[C@]12CC[C@H](C=C1CCC1OCCO1)C[C@@H]2C(=O)O. The van der Waals surface area contributed by atoms with Crippen LogP contribution in [-0.4, -0.2) is 43.3 Å². The first-order chi connectivity index (χ1) is 9.65. The van der Waals surface area contributed by atoms with E-state index in [0.717, 1.165) is 31.3 Å². The van der Waals surface area contributed by atoms with Crippen molar-refractivity contribution in [3.63, 3.8) is 0 Å². The van der Waals surface area contributed by atoms with Crippen LogP contribution in [0, 0.1) is 11.8 Å². The molecular formula is C15H22O5. The van der Waals surface area contributed by atoms with Gasteiger partial charge in [0.1, 0.15) is 5.60 Å². The third kappa shape index (κ3) is 2.28. The lowest BCUT2D eigenvalue weighted by atomic mass is 9.61. The Hall–Kier alpha value is -0.910. The molecule has 0 radical (unpaired) electrons. The number of ether oxygens (including phenoxy) is 3. The van der Waals surface area contributed by atoms with E-state index >= 15 is 0 Å². The highest BCUT2D eigenvalue weighted by atomic mass is 16.7. The average Bonchev–Trinajstić information content (AvgIpc) is 2.98. The minimum absolute atomic E-state index is 0.145. The lowest BCUT2D eigenvalue weighted by Gasteiger charge is -2.49. The Morgan fingerprint density at radius 3 is 2.90 bits per heavy atom. The summed E-state index contributed by atoms with van der Waals surface area (Å²) in [5.74, 6) is -0.777. The van der Waals surface area contributed by atoms with Gasteiger partial charge in [0.15, 0.2) is 6.29 Å². The fourth-order valence-electron chi connectivity index (χ4n) is 3.96. The van der Waals surface area contributed by atoms with Crippen LogP contribution in [0.15, 0.2) is 11.6 Å². The van der Waals surface area contributed by atoms with Crippen molar-refractivity contribution in [1.82, 2.24) is 0 Å². The van der Waals surface area contributed by atoms with Gasteiger partial charge in [0.2, 0.25) is 0 Å². The molecule has 5 nitrogen and oxygen atoms in total.